The van der Waals surface area contributed by atoms with E-state index in [0.29, 0.717) is 19.4 Å². The third kappa shape index (κ3) is 6.19. The number of nitrogens with two attached hydrogens (primary N) is 1. The van der Waals surface area contributed by atoms with Gasteiger partial charge in [0.25, 0.3) is 0 Å². The van der Waals surface area contributed by atoms with Crippen LogP contribution in [0.5, 0.6) is 0 Å². The maximum atomic E-state index is 12.3. The summed E-state index contributed by atoms with van der Waals surface area (Å²) in [5, 5.41) is 7.56. The van der Waals surface area contributed by atoms with Gasteiger partial charge in [0, 0.05) is 30.1 Å². The van der Waals surface area contributed by atoms with Crippen LogP contribution in [0.3, 0.4) is 0 Å². The average Bonchev–Trinajstić information content (AvgIpc) is 3.14. The molecule has 0 unspecified atom stereocenters. The molecule has 0 saturated carbocycles. The van der Waals surface area contributed by atoms with Crippen LogP contribution in [0.25, 0.3) is 10.9 Å². The molecule has 3 rings (SSSR count). The highest BCUT2D eigenvalue weighted by Gasteiger charge is 2.07. The van der Waals surface area contributed by atoms with Crippen molar-refractivity contribution in [3.8, 4) is 0 Å². The number of aromatic amines is 1. The van der Waals surface area contributed by atoms with Gasteiger partial charge in [-0.1, -0.05) is 37.3 Å². The molecule has 2 aromatic carbocycles. The quantitative estimate of drug-likeness (QED) is 0.368. The molecule has 1 aromatic heterocycles. The molecule has 5 N–H and O–H groups in total. The van der Waals surface area contributed by atoms with Gasteiger partial charge >= 0.3 is 0 Å². The van der Waals surface area contributed by atoms with Crippen LogP contribution in [0.2, 0.25) is 0 Å². The van der Waals surface area contributed by atoms with Gasteiger partial charge in [-0.3, -0.25) is 9.59 Å². The van der Waals surface area contributed by atoms with Gasteiger partial charge in [-0.15, -0.1) is 0 Å². The Morgan fingerprint density at radius 3 is 2.47 bits per heavy atom. The fourth-order valence-electron chi connectivity index (χ4n) is 3.51. The molecule has 0 atom stereocenters. The minimum atomic E-state index is -0.348. The lowest BCUT2D eigenvalue weighted by molar-refractivity contribution is -0.121. The minimum absolute atomic E-state index is 0.0257. The fourth-order valence-corrected chi connectivity index (χ4v) is 3.51. The Morgan fingerprint density at radius 1 is 1.00 bits per heavy atom. The minimum Gasteiger partial charge on any atom is -0.369 e. The number of amides is 2. The van der Waals surface area contributed by atoms with E-state index < -0.39 is 0 Å². The van der Waals surface area contributed by atoms with Crippen molar-refractivity contribution in [2.24, 2.45) is 5.73 Å². The van der Waals surface area contributed by atoms with Crippen molar-refractivity contribution in [2.75, 3.05) is 13.1 Å². The number of carbonyl (C=O) groups excluding carboxylic acids is 2. The van der Waals surface area contributed by atoms with E-state index in [-0.39, 0.29) is 18.2 Å². The summed E-state index contributed by atoms with van der Waals surface area (Å²) in [6, 6.07) is 13.9. The zero-order valence-corrected chi connectivity index (χ0v) is 17.5. The Bertz CT molecular complexity index is 992. The number of fused-ring (bicyclic) bond motifs is 1. The van der Waals surface area contributed by atoms with E-state index in [0.717, 1.165) is 41.7 Å². The standard InChI is InChI=1S/C24H30N4O2/c1-2-26-12-11-20-16-27-22-9-7-17(13-21(20)22)8-10-24(30)28-15-19-5-3-18(4-6-19)14-23(25)29/h3-7,9,13,16,26-27H,2,8,10-12,14-15H2,1H3,(H2,25,29)(H,28,30). The molecule has 6 nitrogen and oxygen atoms in total. The largest absolute Gasteiger partial charge is 0.369 e. The molecule has 2 amide bonds. The molecule has 0 saturated heterocycles. The smallest absolute Gasteiger partial charge is 0.221 e. The summed E-state index contributed by atoms with van der Waals surface area (Å²) in [4.78, 5) is 26.6. The number of aromatic nitrogens is 1. The Kier molecular flexibility index (Phi) is 7.63. The molecular weight excluding hydrogens is 376 g/mol. The predicted octanol–water partition coefficient (Wildman–Crippen LogP) is 2.60. The van der Waals surface area contributed by atoms with E-state index in [1.807, 2.05) is 24.3 Å². The summed E-state index contributed by atoms with van der Waals surface area (Å²) >= 11 is 0. The molecule has 6 heteroatoms. The summed E-state index contributed by atoms with van der Waals surface area (Å²) in [5.41, 5.74) is 10.7. The van der Waals surface area contributed by atoms with Crippen molar-refractivity contribution in [1.82, 2.24) is 15.6 Å². The van der Waals surface area contributed by atoms with Gasteiger partial charge < -0.3 is 21.4 Å². The van der Waals surface area contributed by atoms with Gasteiger partial charge in [0.05, 0.1) is 6.42 Å². The predicted molar refractivity (Wildman–Crippen MR) is 120 cm³/mol. The van der Waals surface area contributed by atoms with E-state index >= 15 is 0 Å². The zero-order chi connectivity index (χ0) is 21.3. The molecule has 0 radical (unpaired) electrons. The maximum Gasteiger partial charge on any atom is 0.221 e. The molecule has 0 fully saturated rings. The summed E-state index contributed by atoms with van der Waals surface area (Å²) < 4.78 is 0. The van der Waals surface area contributed by atoms with E-state index in [1.54, 1.807) is 0 Å². The second-order valence-electron chi connectivity index (χ2n) is 7.53. The molecule has 0 aliphatic carbocycles. The fraction of sp³-hybridized carbons (Fsp3) is 0.333. The Morgan fingerprint density at radius 2 is 1.73 bits per heavy atom. The van der Waals surface area contributed by atoms with Gasteiger partial charge in [-0.05, 0) is 60.3 Å². The first kappa shape index (κ1) is 21.6. The summed E-state index contributed by atoms with van der Waals surface area (Å²) in [6.45, 7) is 4.51. The first-order valence-corrected chi connectivity index (χ1v) is 10.5. The van der Waals surface area contributed by atoms with Crippen LogP contribution in [-0.2, 0) is 35.4 Å². The van der Waals surface area contributed by atoms with Gasteiger partial charge in [-0.25, -0.2) is 0 Å². The number of hydrogen-bond acceptors (Lipinski definition) is 3. The van der Waals surface area contributed by atoms with E-state index in [4.69, 9.17) is 5.73 Å². The number of carbonyl (C=O) groups is 2. The monoisotopic (exact) mass is 406 g/mol. The number of hydrogen-bond donors (Lipinski definition) is 4. The van der Waals surface area contributed by atoms with Crippen LogP contribution in [0, 0.1) is 0 Å². The molecule has 1 heterocycles. The van der Waals surface area contributed by atoms with Gasteiger partial charge in [-0.2, -0.15) is 0 Å². The number of likely N-dealkylation sites (N-methyl/N-ethyl adjacent to an activating group) is 1. The maximum absolute atomic E-state index is 12.3. The van der Waals surface area contributed by atoms with Crippen molar-refractivity contribution in [3.05, 3.63) is 70.9 Å². The highest BCUT2D eigenvalue weighted by Crippen LogP contribution is 2.21. The number of aryl methyl sites for hydroxylation is 1. The highest BCUT2D eigenvalue weighted by molar-refractivity contribution is 5.84. The summed E-state index contributed by atoms with van der Waals surface area (Å²) in [7, 11) is 0. The second-order valence-corrected chi connectivity index (χ2v) is 7.53. The molecule has 0 spiro atoms. The summed E-state index contributed by atoms with van der Waals surface area (Å²) in [6.07, 6.45) is 4.44. The topological polar surface area (TPSA) is 100 Å². The highest BCUT2D eigenvalue weighted by atomic mass is 16.1. The molecular formula is C24H30N4O2. The number of rotatable bonds is 11. The van der Waals surface area contributed by atoms with Gasteiger partial charge in [0.1, 0.15) is 0 Å². The molecule has 3 aromatic rings. The van der Waals surface area contributed by atoms with Crippen molar-refractivity contribution in [1.29, 1.82) is 0 Å². The number of primary amides is 1. The van der Waals surface area contributed by atoms with Crippen LogP contribution < -0.4 is 16.4 Å². The van der Waals surface area contributed by atoms with Gasteiger partial charge in [0.15, 0.2) is 0 Å². The van der Waals surface area contributed by atoms with E-state index in [1.165, 1.54) is 10.9 Å². The summed E-state index contributed by atoms with van der Waals surface area (Å²) in [5.74, 6) is -0.323. The van der Waals surface area contributed by atoms with Crippen LogP contribution in [0.4, 0.5) is 0 Å². The Hall–Kier alpha value is -3.12. The zero-order valence-electron chi connectivity index (χ0n) is 17.5. The second kappa shape index (κ2) is 10.6. The molecule has 0 aliphatic rings. The average molecular weight is 407 g/mol. The van der Waals surface area contributed by atoms with Crippen molar-refractivity contribution < 1.29 is 9.59 Å². The molecule has 30 heavy (non-hydrogen) atoms. The number of nitrogens with one attached hydrogen (secondary N) is 3. The SMILES string of the molecule is CCNCCc1c[nH]c2ccc(CCC(=O)NCc3ccc(CC(N)=O)cc3)cc12. The van der Waals surface area contributed by atoms with Crippen LogP contribution in [0.1, 0.15) is 35.6 Å². The molecule has 158 valence electrons. The van der Waals surface area contributed by atoms with E-state index in [9.17, 15) is 9.59 Å². The normalized spacial score (nSPS) is 11.0. The lowest BCUT2D eigenvalue weighted by atomic mass is 10.0. The number of H-pyrrole nitrogens is 1. The number of benzene rings is 2. The molecule has 0 aliphatic heterocycles. The van der Waals surface area contributed by atoms with E-state index in [2.05, 4.69) is 46.9 Å². The van der Waals surface area contributed by atoms with Crippen molar-refractivity contribution >= 4 is 22.7 Å². The Labute approximate surface area is 177 Å². The van der Waals surface area contributed by atoms with Crippen molar-refractivity contribution in [3.63, 3.8) is 0 Å². The van der Waals surface area contributed by atoms with Crippen LogP contribution >= 0.6 is 0 Å². The molecule has 0 bridgehead atoms. The van der Waals surface area contributed by atoms with Crippen molar-refractivity contribution in [2.45, 2.75) is 39.2 Å². The van der Waals surface area contributed by atoms with Crippen LogP contribution in [-0.4, -0.2) is 29.9 Å². The Balaban J connectivity index is 1.49. The third-order valence-corrected chi connectivity index (χ3v) is 5.18. The first-order chi connectivity index (χ1) is 14.5. The first-order valence-electron chi connectivity index (χ1n) is 10.5. The van der Waals surface area contributed by atoms with Crippen LogP contribution in [0.15, 0.2) is 48.7 Å². The third-order valence-electron chi connectivity index (χ3n) is 5.18. The lowest BCUT2D eigenvalue weighted by Gasteiger charge is -2.07. The van der Waals surface area contributed by atoms with Gasteiger partial charge in [0.2, 0.25) is 11.8 Å². The lowest BCUT2D eigenvalue weighted by Crippen LogP contribution is -2.23.